The van der Waals surface area contributed by atoms with Crippen molar-refractivity contribution < 1.29 is 14.3 Å². The van der Waals surface area contributed by atoms with Gasteiger partial charge in [0.15, 0.2) is 12.4 Å². The summed E-state index contributed by atoms with van der Waals surface area (Å²) in [5, 5.41) is 4.60. The summed E-state index contributed by atoms with van der Waals surface area (Å²) in [4.78, 5) is 24.0. The number of hydrogen-bond donors (Lipinski definition) is 1. The fourth-order valence-electron chi connectivity index (χ4n) is 4.26. The first-order valence-electron chi connectivity index (χ1n) is 11.7. The second-order valence-electron chi connectivity index (χ2n) is 9.00. The molecule has 4 aromatic rings. The van der Waals surface area contributed by atoms with Crippen LogP contribution in [0.2, 0.25) is 5.02 Å². The number of halogens is 2. The number of fused-ring (bicyclic) bond motifs is 1. The molecular weight excluding hydrogens is 540 g/mol. The minimum absolute atomic E-state index is 0.110. The number of carbonyl (C=O) groups is 2. The Hall–Kier alpha value is -3.09. The van der Waals surface area contributed by atoms with E-state index in [1.165, 1.54) is 0 Å². The second-order valence-corrected chi connectivity index (χ2v) is 10.3. The van der Waals surface area contributed by atoms with E-state index in [0.29, 0.717) is 22.9 Å². The third kappa shape index (κ3) is 5.50. The molecule has 0 aliphatic carbocycles. The summed E-state index contributed by atoms with van der Waals surface area (Å²) >= 11 is 9.72. The zero-order chi connectivity index (χ0) is 26.0. The molecule has 0 aliphatic rings. The van der Waals surface area contributed by atoms with Gasteiger partial charge in [-0.05, 0) is 86.8 Å². The van der Waals surface area contributed by atoms with Crippen LogP contribution in [0.5, 0.6) is 5.75 Å². The standard InChI is InChI=1S/C29H28BrClN2O3/c1-17(16-34)36-28-13-21(5-11-26(28)31)15-33-20(4)18(2)25-14-23(8-12-27(25)33)29(35)32-19(3)22-6-9-24(30)10-7-22/h5-14,16-17,19H,15H2,1-4H3,(H,32,35)/t17-,19-/m0/s1. The van der Waals surface area contributed by atoms with Crippen LogP contribution in [0.25, 0.3) is 10.9 Å². The van der Waals surface area contributed by atoms with Crippen LogP contribution >= 0.6 is 27.5 Å². The Kier molecular flexibility index (Phi) is 7.86. The number of carbonyl (C=O) groups excluding carboxylic acids is 2. The Morgan fingerprint density at radius 2 is 1.81 bits per heavy atom. The number of ether oxygens (including phenoxy) is 1. The molecule has 186 valence electrons. The number of nitrogens with one attached hydrogen (secondary N) is 1. The first kappa shape index (κ1) is 26.0. The Morgan fingerprint density at radius 1 is 1.08 bits per heavy atom. The lowest BCUT2D eigenvalue weighted by molar-refractivity contribution is -0.113. The number of aromatic nitrogens is 1. The molecule has 2 atom stereocenters. The second kappa shape index (κ2) is 10.9. The van der Waals surface area contributed by atoms with Crippen LogP contribution in [0.3, 0.4) is 0 Å². The van der Waals surface area contributed by atoms with E-state index < -0.39 is 6.10 Å². The Labute approximate surface area is 224 Å². The number of rotatable bonds is 8. The molecule has 1 heterocycles. The van der Waals surface area contributed by atoms with Crippen molar-refractivity contribution in [3.05, 3.63) is 98.1 Å². The van der Waals surface area contributed by atoms with Crippen LogP contribution in [0.4, 0.5) is 0 Å². The normalized spacial score (nSPS) is 12.8. The zero-order valence-electron chi connectivity index (χ0n) is 20.6. The summed E-state index contributed by atoms with van der Waals surface area (Å²) in [6.07, 6.45) is 0.161. The van der Waals surface area contributed by atoms with Gasteiger partial charge in [-0.1, -0.05) is 45.7 Å². The number of aldehydes is 1. The third-order valence-corrected chi connectivity index (χ3v) is 7.30. The van der Waals surface area contributed by atoms with Crippen LogP contribution in [-0.4, -0.2) is 22.9 Å². The van der Waals surface area contributed by atoms with Crippen molar-refractivity contribution in [1.82, 2.24) is 9.88 Å². The molecular formula is C29H28BrClN2O3. The highest BCUT2D eigenvalue weighted by atomic mass is 79.9. The largest absolute Gasteiger partial charge is 0.482 e. The molecule has 0 saturated carbocycles. The molecule has 5 nitrogen and oxygen atoms in total. The minimum Gasteiger partial charge on any atom is -0.482 e. The summed E-state index contributed by atoms with van der Waals surface area (Å²) < 4.78 is 8.87. The summed E-state index contributed by atoms with van der Waals surface area (Å²) in [7, 11) is 0. The predicted octanol–water partition coefficient (Wildman–Crippen LogP) is 7.18. The summed E-state index contributed by atoms with van der Waals surface area (Å²) in [6, 6.07) is 19.2. The van der Waals surface area contributed by atoms with Crippen LogP contribution in [0.15, 0.2) is 65.1 Å². The number of aryl methyl sites for hydroxylation is 1. The number of amides is 1. The summed E-state index contributed by atoms with van der Waals surface area (Å²) in [6.45, 7) is 8.40. The summed E-state index contributed by atoms with van der Waals surface area (Å²) in [5.74, 6) is 0.374. The van der Waals surface area contributed by atoms with Crippen molar-refractivity contribution in [2.75, 3.05) is 0 Å². The molecule has 0 saturated heterocycles. The highest BCUT2D eigenvalue weighted by molar-refractivity contribution is 9.10. The molecule has 0 unspecified atom stereocenters. The van der Waals surface area contributed by atoms with Crippen molar-refractivity contribution in [2.24, 2.45) is 0 Å². The topological polar surface area (TPSA) is 60.3 Å². The molecule has 1 aromatic heterocycles. The molecule has 36 heavy (non-hydrogen) atoms. The highest BCUT2D eigenvalue weighted by Gasteiger charge is 2.17. The average molecular weight is 568 g/mol. The van der Waals surface area contributed by atoms with E-state index in [2.05, 4.69) is 39.7 Å². The first-order chi connectivity index (χ1) is 17.2. The number of nitrogens with zero attached hydrogens (tertiary/aromatic N) is 1. The van der Waals surface area contributed by atoms with E-state index in [1.54, 1.807) is 13.0 Å². The van der Waals surface area contributed by atoms with Crippen LogP contribution < -0.4 is 10.1 Å². The van der Waals surface area contributed by atoms with E-state index in [9.17, 15) is 9.59 Å². The third-order valence-electron chi connectivity index (χ3n) is 6.46. The molecule has 0 spiro atoms. The fraction of sp³-hybridized carbons (Fsp3) is 0.241. The number of hydrogen-bond acceptors (Lipinski definition) is 3. The van der Waals surface area contributed by atoms with E-state index in [-0.39, 0.29) is 11.9 Å². The van der Waals surface area contributed by atoms with Crippen molar-refractivity contribution >= 4 is 50.6 Å². The highest BCUT2D eigenvalue weighted by Crippen LogP contribution is 2.30. The lowest BCUT2D eigenvalue weighted by Gasteiger charge is -2.15. The monoisotopic (exact) mass is 566 g/mol. The van der Waals surface area contributed by atoms with Gasteiger partial charge in [0.25, 0.3) is 5.91 Å². The van der Waals surface area contributed by atoms with E-state index in [0.717, 1.165) is 44.0 Å². The fourth-order valence-corrected chi connectivity index (χ4v) is 4.68. The van der Waals surface area contributed by atoms with Gasteiger partial charge in [-0.15, -0.1) is 0 Å². The number of benzene rings is 3. The van der Waals surface area contributed by atoms with Gasteiger partial charge in [0.1, 0.15) is 5.75 Å². The summed E-state index contributed by atoms with van der Waals surface area (Å²) in [5.41, 5.74) is 5.94. The molecule has 3 aromatic carbocycles. The lowest BCUT2D eigenvalue weighted by atomic mass is 10.1. The molecule has 0 aliphatic heterocycles. The molecule has 1 amide bonds. The van der Waals surface area contributed by atoms with Crippen molar-refractivity contribution in [2.45, 2.75) is 46.4 Å². The van der Waals surface area contributed by atoms with Crippen LogP contribution in [-0.2, 0) is 11.3 Å². The van der Waals surface area contributed by atoms with E-state index in [4.69, 9.17) is 16.3 Å². The quantitative estimate of drug-likeness (QED) is 0.229. The van der Waals surface area contributed by atoms with Crippen molar-refractivity contribution in [1.29, 1.82) is 0 Å². The van der Waals surface area contributed by atoms with Gasteiger partial charge in [0.2, 0.25) is 0 Å². The molecule has 0 radical (unpaired) electrons. The Balaban J connectivity index is 1.59. The predicted molar refractivity (Wildman–Crippen MR) is 148 cm³/mol. The van der Waals surface area contributed by atoms with Gasteiger partial charge < -0.3 is 14.6 Å². The molecule has 0 fully saturated rings. The van der Waals surface area contributed by atoms with Gasteiger partial charge in [-0.3, -0.25) is 9.59 Å². The maximum Gasteiger partial charge on any atom is 0.251 e. The van der Waals surface area contributed by atoms with Gasteiger partial charge >= 0.3 is 0 Å². The van der Waals surface area contributed by atoms with Gasteiger partial charge in [0.05, 0.1) is 11.1 Å². The van der Waals surface area contributed by atoms with Gasteiger partial charge in [-0.2, -0.15) is 0 Å². The van der Waals surface area contributed by atoms with E-state index >= 15 is 0 Å². The lowest BCUT2D eigenvalue weighted by Crippen LogP contribution is -2.26. The van der Waals surface area contributed by atoms with Crippen LogP contribution in [0.1, 0.15) is 52.6 Å². The van der Waals surface area contributed by atoms with Crippen molar-refractivity contribution in [3.63, 3.8) is 0 Å². The van der Waals surface area contributed by atoms with Gasteiger partial charge in [0, 0.05) is 33.2 Å². The Morgan fingerprint density at radius 3 is 2.50 bits per heavy atom. The van der Waals surface area contributed by atoms with Crippen LogP contribution in [0, 0.1) is 13.8 Å². The Bertz CT molecular complexity index is 1430. The zero-order valence-corrected chi connectivity index (χ0v) is 23.0. The SMILES string of the molecule is Cc1c(C)n(Cc2ccc(Cl)c(O[C@@H](C)C=O)c2)c2ccc(C(=O)N[C@@H](C)c3ccc(Br)cc3)cc12. The van der Waals surface area contributed by atoms with E-state index in [1.807, 2.05) is 61.5 Å². The average Bonchev–Trinajstić information content (AvgIpc) is 3.10. The first-order valence-corrected chi connectivity index (χ1v) is 12.9. The maximum absolute atomic E-state index is 13.0. The minimum atomic E-state index is -0.579. The molecule has 4 rings (SSSR count). The van der Waals surface area contributed by atoms with Gasteiger partial charge in [-0.25, -0.2) is 0 Å². The molecule has 1 N–H and O–H groups in total. The molecule has 7 heteroatoms. The van der Waals surface area contributed by atoms with Crippen molar-refractivity contribution in [3.8, 4) is 5.75 Å². The molecule has 0 bridgehead atoms. The smallest absolute Gasteiger partial charge is 0.251 e. The maximum atomic E-state index is 13.0.